The van der Waals surface area contributed by atoms with Gasteiger partial charge < -0.3 is 9.47 Å². The second-order valence-corrected chi connectivity index (χ2v) is 7.52. The number of aromatic nitrogens is 3. The molecule has 0 radical (unpaired) electrons. The Bertz CT molecular complexity index is 879. The number of aryl methyl sites for hydroxylation is 2. The van der Waals surface area contributed by atoms with Crippen molar-refractivity contribution in [1.82, 2.24) is 20.1 Å². The molecule has 1 saturated heterocycles. The van der Waals surface area contributed by atoms with Crippen LogP contribution in [0.3, 0.4) is 0 Å². The van der Waals surface area contributed by atoms with Gasteiger partial charge in [-0.25, -0.2) is 0 Å². The summed E-state index contributed by atoms with van der Waals surface area (Å²) in [6, 6.07) is 17.9. The molecule has 4 rings (SSSR count). The van der Waals surface area contributed by atoms with Gasteiger partial charge >= 0.3 is 0 Å². The van der Waals surface area contributed by atoms with Crippen molar-refractivity contribution in [1.29, 1.82) is 0 Å². The highest BCUT2D eigenvalue weighted by molar-refractivity contribution is 5.21. The summed E-state index contributed by atoms with van der Waals surface area (Å²) in [5, 5.41) is 8.44. The average molecular weight is 405 g/mol. The summed E-state index contributed by atoms with van der Waals surface area (Å²) in [6.45, 7) is 4.60. The SMILES string of the molecule is c1ccc(COc2ccc(CCc3ccc(OCCN4CCCC4)cn3)nn2)cc1. The molecule has 156 valence electrons. The van der Waals surface area contributed by atoms with Gasteiger partial charge in [0.25, 0.3) is 0 Å². The monoisotopic (exact) mass is 404 g/mol. The van der Waals surface area contributed by atoms with Gasteiger partial charge in [-0.1, -0.05) is 30.3 Å². The molecule has 2 aromatic heterocycles. The lowest BCUT2D eigenvalue weighted by molar-refractivity contribution is 0.237. The van der Waals surface area contributed by atoms with Gasteiger partial charge in [0.15, 0.2) is 0 Å². The Hall–Kier alpha value is -2.99. The van der Waals surface area contributed by atoms with Gasteiger partial charge in [0, 0.05) is 18.3 Å². The van der Waals surface area contributed by atoms with E-state index in [1.165, 1.54) is 25.9 Å². The van der Waals surface area contributed by atoms with Crippen molar-refractivity contribution in [2.45, 2.75) is 32.3 Å². The lowest BCUT2D eigenvalue weighted by Crippen LogP contribution is -2.25. The zero-order valence-corrected chi connectivity index (χ0v) is 17.2. The standard InChI is InChI=1S/C24H28N4O2/c1-2-6-20(7-3-1)19-30-24-13-11-22(26-27-24)9-8-21-10-12-23(18-25-21)29-17-16-28-14-4-5-15-28/h1-3,6-7,10-13,18H,4-5,8-9,14-17,19H2. The average Bonchev–Trinajstić information content (AvgIpc) is 3.32. The summed E-state index contributed by atoms with van der Waals surface area (Å²) in [5.41, 5.74) is 3.06. The molecule has 1 aliphatic rings. The molecular formula is C24H28N4O2. The number of hydrogen-bond donors (Lipinski definition) is 0. The molecule has 0 unspecified atom stereocenters. The van der Waals surface area contributed by atoms with E-state index in [0.29, 0.717) is 12.5 Å². The highest BCUT2D eigenvalue weighted by atomic mass is 16.5. The first kappa shape index (κ1) is 20.3. The van der Waals surface area contributed by atoms with Gasteiger partial charge in [0.05, 0.1) is 11.9 Å². The normalized spacial score (nSPS) is 14.0. The van der Waals surface area contributed by atoms with Crippen molar-refractivity contribution in [2.75, 3.05) is 26.2 Å². The van der Waals surface area contributed by atoms with Crippen LogP contribution in [0.25, 0.3) is 0 Å². The zero-order chi connectivity index (χ0) is 20.4. The Morgan fingerprint density at radius 3 is 2.33 bits per heavy atom. The molecule has 0 amide bonds. The van der Waals surface area contributed by atoms with E-state index in [2.05, 4.69) is 20.1 Å². The zero-order valence-electron chi connectivity index (χ0n) is 17.2. The minimum atomic E-state index is 0.491. The summed E-state index contributed by atoms with van der Waals surface area (Å²) < 4.78 is 11.5. The quantitative estimate of drug-likeness (QED) is 0.513. The molecule has 3 heterocycles. The molecule has 3 aromatic rings. The summed E-state index contributed by atoms with van der Waals surface area (Å²) in [4.78, 5) is 6.96. The Kier molecular flexibility index (Phi) is 7.23. The van der Waals surface area contributed by atoms with Gasteiger partial charge in [-0.3, -0.25) is 9.88 Å². The lowest BCUT2D eigenvalue weighted by Gasteiger charge is -2.14. The van der Waals surface area contributed by atoms with Gasteiger partial charge in [0.1, 0.15) is 19.0 Å². The van der Waals surface area contributed by atoms with Crippen LogP contribution < -0.4 is 9.47 Å². The molecule has 0 bridgehead atoms. The smallest absolute Gasteiger partial charge is 0.233 e. The van der Waals surface area contributed by atoms with Crippen molar-refractivity contribution < 1.29 is 9.47 Å². The highest BCUT2D eigenvalue weighted by Crippen LogP contribution is 2.13. The molecule has 0 spiro atoms. The Morgan fingerprint density at radius 2 is 1.60 bits per heavy atom. The summed E-state index contributed by atoms with van der Waals surface area (Å²) in [6.07, 6.45) is 6.03. The molecular weight excluding hydrogens is 376 g/mol. The fraction of sp³-hybridized carbons (Fsp3) is 0.375. The number of ether oxygens (including phenoxy) is 2. The molecule has 6 heteroatoms. The van der Waals surface area contributed by atoms with Crippen LogP contribution in [0.2, 0.25) is 0 Å². The Balaban J connectivity index is 1.18. The molecule has 0 saturated carbocycles. The number of hydrogen-bond acceptors (Lipinski definition) is 6. The van der Waals surface area contributed by atoms with E-state index in [4.69, 9.17) is 9.47 Å². The Labute approximate surface area is 177 Å². The second-order valence-electron chi connectivity index (χ2n) is 7.52. The van der Waals surface area contributed by atoms with Crippen molar-refractivity contribution in [3.8, 4) is 11.6 Å². The molecule has 1 aliphatic heterocycles. The number of rotatable bonds is 10. The fourth-order valence-corrected chi connectivity index (χ4v) is 3.49. The van der Waals surface area contributed by atoms with Gasteiger partial charge in [-0.15, -0.1) is 5.10 Å². The third kappa shape index (κ3) is 6.26. The molecule has 1 aromatic carbocycles. The van der Waals surface area contributed by atoms with Crippen LogP contribution >= 0.6 is 0 Å². The first-order valence-corrected chi connectivity index (χ1v) is 10.6. The minimum Gasteiger partial charge on any atom is -0.491 e. The molecule has 0 N–H and O–H groups in total. The number of benzene rings is 1. The van der Waals surface area contributed by atoms with E-state index in [-0.39, 0.29) is 0 Å². The lowest BCUT2D eigenvalue weighted by atomic mass is 10.1. The van der Waals surface area contributed by atoms with E-state index in [1.807, 2.05) is 60.8 Å². The van der Waals surface area contributed by atoms with E-state index < -0.39 is 0 Å². The highest BCUT2D eigenvalue weighted by Gasteiger charge is 2.10. The Morgan fingerprint density at radius 1 is 0.800 bits per heavy atom. The second kappa shape index (κ2) is 10.7. The summed E-state index contributed by atoms with van der Waals surface area (Å²) in [7, 11) is 0. The van der Waals surface area contributed by atoms with E-state index in [1.54, 1.807) is 0 Å². The molecule has 0 aliphatic carbocycles. The predicted octanol–water partition coefficient (Wildman–Crippen LogP) is 3.71. The van der Waals surface area contributed by atoms with E-state index >= 15 is 0 Å². The first-order valence-electron chi connectivity index (χ1n) is 10.6. The van der Waals surface area contributed by atoms with Crippen LogP contribution in [0.4, 0.5) is 0 Å². The maximum atomic E-state index is 5.81. The molecule has 30 heavy (non-hydrogen) atoms. The fourth-order valence-electron chi connectivity index (χ4n) is 3.49. The van der Waals surface area contributed by atoms with Crippen LogP contribution in [0.5, 0.6) is 11.6 Å². The topological polar surface area (TPSA) is 60.4 Å². The maximum absolute atomic E-state index is 5.81. The molecule has 6 nitrogen and oxygen atoms in total. The third-order valence-electron chi connectivity index (χ3n) is 5.23. The van der Waals surface area contributed by atoms with Crippen LogP contribution in [0, 0.1) is 0 Å². The summed E-state index contributed by atoms with van der Waals surface area (Å²) in [5.74, 6) is 1.37. The van der Waals surface area contributed by atoms with Crippen LogP contribution in [0.15, 0.2) is 60.8 Å². The number of nitrogens with zero attached hydrogens (tertiary/aromatic N) is 4. The van der Waals surface area contributed by atoms with Crippen LogP contribution in [-0.2, 0) is 19.4 Å². The van der Waals surface area contributed by atoms with Crippen molar-refractivity contribution in [3.05, 3.63) is 77.7 Å². The predicted molar refractivity (Wildman–Crippen MR) is 116 cm³/mol. The maximum Gasteiger partial charge on any atom is 0.233 e. The van der Waals surface area contributed by atoms with Crippen LogP contribution in [0.1, 0.15) is 29.8 Å². The number of likely N-dealkylation sites (tertiary alicyclic amines) is 1. The first-order chi connectivity index (χ1) is 14.8. The summed E-state index contributed by atoms with van der Waals surface area (Å²) >= 11 is 0. The van der Waals surface area contributed by atoms with E-state index in [9.17, 15) is 0 Å². The van der Waals surface area contributed by atoms with Gasteiger partial charge in [-0.2, -0.15) is 5.10 Å². The minimum absolute atomic E-state index is 0.491. The van der Waals surface area contributed by atoms with Gasteiger partial charge in [-0.05, 0) is 62.5 Å². The largest absolute Gasteiger partial charge is 0.491 e. The van der Waals surface area contributed by atoms with Crippen molar-refractivity contribution in [3.63, 3.8) is 0 Å². The molecule has 1 fully saturated rings. The van der Waals surface area contributed by atoms with Crippen molar-refractivity contribution >= 4 is 0 Å². The van der Waals surface area contributed by atoms with E-state index in [0.717, 1.165) is 48.7 Å². The van der Waals surface area contributed by atoms with Gasteiger partial charge in [0.2, 0.25) is 5.88 Å². The van der Waals surface area contributed by atoms with Crippen LogP contribution in [-0.4, -0.2) is 46.3 Å². The van der Waals surface area contributed by atoms with Crippen molar-refractivity contribution in [2.24, 2.45) is 0 Å². The third-order valence-corrected chi connectivity index (χ3v) is 5.23. The number of pyridine rings is 1. The molecule has 0 atom stereocenters.